The van der Waals surface area contributed by atoms with Crippen molar-refractivity contribution < 1.29 is 4.79 Å². The highest BCUT2D eigenvalue weighted by Gasteiger charge is 2.31. The van der Waals surface area contributed by atoms with E-state index in [1.165, 1.54) is 25.9 Å². The third-order valence-corrected chi connectivity index (χ3v) is 4.98. The molecule has 0 spiro atoms. The molecule has 2 aliphatic rings. The minimum absolute atomic E-state index is 0.307. The highest BCUT2D eigenvalue weighted by molar-refractivity contribution is 5.81. The van der Waals surface area contributed by atoms with E-state index in [1.807, 2.05) is 0 Å². The fourth-order valence-electron chi connectivity index (χ4n) is 3.71. The van der Waals surface area contributed by atoms with Gasteiger partial charge in [-0.1, -0.05) is 13.8 Å². The van der Waals surface area contributed by atoms with E-state index in [2.05, 4.69) is 30.7 Å². The Morgan fingerprint density at radius 1 is 1.32 bits per heavy atom. The summed E-state index contributed by atoms with van der Waals surface area (Å²) in [4.78, 5) is 17.2. The Balaban J connectivity index is 1.96. The van der Waals surface area contributed by atoms with Crippen LogP contribution >= 0.6 is 0 Å². The minimum atomic E-state index is 0.307. The number of ketones is 1. The number of hydrogen-bond donors (Lipinski definition) is 0. The summed E-state index contributed by atoms with van der Waals surface area (Å²) >= 11 is 0. The van der Waals surface area contributed by atoms with E-state index in [4.69, 9.17) is 0 Å². The zero-order valence-corrected chi connectivity index (χ0v) is 12.9. The first kappa shape index (κ1) is 15.0. The summed E-state index contributed by atoms with van der Waals surface area (Å²) in [7, 11) is 2.22. The molecule has 0 aromatic carbocycles. The van der Waals surface area contributed by atoms with E-state index < -0.39 is 0 Å². The lowest BCUT2D eigenvalue weighted by molar-refractivity contribution is -0.126. The van der Waals surface area contributed by atoms with Crippen LogP contribution in [0.15, 0.2) is 0 Å². The summed E-state index contributed by atoms with van der Waals surface area (Å²) in [5.41, 5.74) is 0. The molecule has 2 rings (SSSR count). The summed E-state index contributed by atoms with van der Waals surface area (Å²) in [5, 5.41) is 0. The summed E-state index contributed by atoms with van der Waals surface area (Å²) in [6.45, 7) is 9.11. The molecular formula is C16H30N2O. The number of Topliss-reactive ketones (excluding diaryl/α,β-unsaturated/α-hetero) is 1. The lowest BCUT2D eigenvalue weighted by atomic mass is 9.81. The van der Waals surface area contributed by atoms with E-state index in [9.17, 15) is 4.79 Å². The van der Waals surface area contributed by atoms with Crippen LogP contribution in [0.25, 0.3) is 0 Å². The predicted molar refractivity (Wildman–Crippen MR) is 79.3 cm³/mol. The first-order valence-corrected chi connectivity index (χ1v) is 8.05. The fraction of sp³-hybridized carbons (Fsp3) is 0.938. The third kappa shape index (κ3) is 4.03. The van der Waals surface area contributed by atoms with Gasteiger partial charge in [-0.25, -0.2) is 0 Å². The standard InChI is InChI=1S/C16H30N2O/c1-4-15-12-17(3)8-5-9-18(15)11-14-10-13(2)6-7-16(14)19/h13-15H,4-12H2,1-3H3. The van der Waals surface area contributed by atoms with Crippen molar-refractivity contribution in [2.24, 2.45) is 11.8 Å². The molecule has 3 atom stereocenters. The van der Waals surface area contributed by atoms with Crippen molar-refractivity contribution in [2.75, 3.05) is 33.2 Å². The van der Waals surface area contributed by atoms with E-state index in [-0.39, 0.29) is 0 Å². The second-order valence-electron chi connectivity index (χ2n) is 6.72. The van der Waals surface area contributed by atoms with Crippen LogP contribution in [-0.2, 0) is 4.79 Å². The van der Waals surface area contributed by atoms with Crippen LogP contribution in [0.3, 0.4) is 0 Å². The maximum absolute atomic E-state index is 12.1. The average Bonchev–Trinajstić information content (AvgIpc) is 2.55. The van der Waals surface area contributed by atoms with Crippen LogP contribution in [0.1, 0.15) is 46.0 Å². The molecule has 3 heteroatoms. The van der Waals surface area contributed by atoms with Crippen molar-refractivity contribution in [1.82, 2.24) is 9.80 Å². The lowest BCUT2D eigenvalue weighted by Gasteiger charge is -2.35. The molecule has 0 radical (unpaired) electrons. The van der Waals surface area contributed by atoms with E-state index in [1.54, 1.807) is 0 Å². The van der Waals surface area contributed by atoms with Crippen molar-refractivity contribution >= 4 is 5.78 Å². The van der Waals surface area contributed by atoms with Gasteiger partial charge in [0.2, 0.25) is 0 Å². The zero-order chi connectivity index (χ0) is 13.8. The SMILES string of the molecule is CCC1CN(C)CCCN1CC1CC(C)CCC1=O. The van der Waals surface area contributed by atoms with Crippen molar-refractivity contribution in [3.8, 4) is 0 Å². The topological polar surface area (TPSA) is 23.6 Å². The predicted octanol–water partition coefficient (Wildman–Crippen LogP) is 2.41. The van der Waals surface area contributed by atoms with Gasteiger partial charge in [0.05, 0.1) is 0 Å². The van der Waals surface area contributed by atoms with Gasteiger partial charge in [0, 0.05) is 31.5 Å². The van der Waals surface area contributed by atoms with Gasteiger partial charge in [-0.05, 0) is 51.7 Å². The molecule has 1 aliphatic heterocycles. The first-order valence-electron chi connectivity index (χ1n) is 8.05. The van der Waals surface area contributed by atoms with Crippen LogP contribution < -0.4 is 0 Å². The van der Waals surface area contributed by atoms with Crippen molar-refractivity contribution in [2.45, 2.75) is 52.0 Å². The number of nitrogens with zero attached hydrogens (tertiary/aromatic N) is 2. The first-order chi connectivity index (χ1) is 9.10. The summed E-state index contributed by atoms with van der Waals surface area (Å²) < 4.78 is 0. The number of carbonyl (C=O) groups excluding carboxylic acids is 1. The number of carbonyl (C=O) groups is 1. The smallest absolute Gasteiger partial charge is 0.137 e. The molecule has 1 saturated carbocycles. The Bertz CT molecular complexity index is 305. The normalized spacial score (nSPS) is 35.3. The van der Waals surface area contributed by atoms with Crippen molar-refractivity contribution in [3.05, 3.63) is 0 Å². The maximum atomic E-state index is 12.1. The van der Waals surface area contributed by atoms with Gasteiger partial charge in [-0.3, -0.25) is 9.69 Å². The van der Waals surface area contributed by atoms with Gasteiger partial charge < -0.3 is 4.90 Å². The van der Waals surface area contributed by atoms with Gasteiger partial charge in [0.1, 0.15) is 5.78 Å². The number of rotatable bonds is 3. The molecule has 0 bridgehead atoms. The molecule has 0 aromatic rings. The Morgan fingerprint density at radius 3 is 2.84 bits per heavy atom. The average molecular weight is 266 g/mol. The Morgan fingerprint density at radius 2 is 2.11 bits per heavy atom. The molecule has 0 aromatic heterocycles. The molecule has 3 unspecified atom stereocenters. The summed E-state index contributed by atoms with van der Waals surface area (Å²) in [6, 6.07) is 0.637. The van der Waals surface area contributed by atoms with Crippen LogP contribution in [0.4, 0.5) is 0 Å². The molecule has 0 amide bonds. The van der Waals surface area contributed by atoms with Gasteiger partial charge >= 0.3 is 0 Å². The highest BCUT2D eigenvalue weighted by atomic mass is 16.1. The maximum Gasteiger partial charge on any atom is 0.137 e. The van der Waals surface area contributed by atoms with Gasteiger partial charge in [-0.15, -0.1) is 0 Å². The van der Waals surface area contributed by atoms with Crippen LogP contribution in [0.5, 0.6) is 0 Å². The van der Waals surface area contributed by atoms with Crippen LogP contribution in [0.2, 0.25) is 0 Å². The molecule has 2 fully saturated rings. The van der Waals surface area contributed by atoms with Gasteiger partial charge in [0.15, 0.2) is 0 Å². The number of hydrogen-bond acceptors (Lipinski definition) is 3. The molecule has 19 heavy (non-hydrogen) atoms. The molecule has 110 valence electrons. The van der Waals surface area contributed by atoms with Gasteiger partial charge in [-0.2, -0.15) is 0 Å². The fourth-order valence-corrected chi connectivity index (χ4v) is 3.71. The molecule has 1 aliphatic carbocycles. The lowest BCUT2D eigenvalue weighted by Crippen LogP contribution is -2.44. The highest BCUT2D eigenvalue weighted by Crippen LogP contribution is 2.27. The summed E-state index contributed by atoms with van der Waals surface area (Å²) in [6.07, 6.45) is 5.47. The monoisotopic (exact) mass is 266 g/mol. The Hall–Kier alpha value is -0.410. The van der Waals surface area contributed by atoms with Crippen LogP contribution in [-0.4, -0.2) is 54.9 Å². The van der Waals surface area contributed by atoms with E-state index >= 15 is 0 Å². The molecule has 0 N–H and O–H groups in total. The number of likely N-dealkylation sites (N-methyl/N-ethyl adjacent to an activating group) is 1. The Kier molecular flexibility index (Phi) is 5.40. The van der Waals surface area contributed by atoms with Crippen molar-refractivity contribution in [1.29, 1.82) is 0 Å². The second kappa shape index (κ2) is 6.85. The zero-order valence-electron chi connectivity index (χ0n) is 12.9. The second-order valence-corrected chi connectivity index (χ2v) is 6.72. The minimum Gasteiger partial charge on any atom is -0.305 e. The Labute approximate surface area is 118 Å². The molecule has 1 saturated heterocycles. The van der Waals surface area contributed by atoms with E-state index in [0.717, 1.165) is 38.3 Å². The molecule has 1 heterocycles. The quantitative estimate of drug-likeness (QED) is 0.784. The van der Waals surface area contributed by atoms with Crippen LogP contribution in [0, 0.1) is 11.8 Å². The van der Waals surface area contributed by atoms with Gasteiger partial charge in [0.25, 0.3) is 0 Å². The third-order valence-electron chi connectivity index (χ3n) is 4.98. The summed E-state index contributed by atoms with van der Waals surface area (Å²) in [5.74, 6) is 1.56. The van der Waals surface area contributed by atoms with E-state index in [0.29, 0.717) is 17.7 Å². The largest absolute Gasteiger partial charge is 0.305 e. The molecule has 3 nitrogen and oxygen atoms in total. The molecular weight excluding hydrogens is 236 g/mol. The van der Waals surface area contributed by atoms with Crippen molar-refractivity contribution in [3.63, 3.8) is 0 Å².